The summed E-state index contributed by atoms with van der Waals surface area (Å²) in [5, 5.41) is 14.8. The highest BCUT2D eigenvalue weighted by Gasteiger charge is 2.10. The van der Waals surface area contributed by atoms with E-state index in [-0.39, 0.29) is 17.6 Å². The van der Waals surface area contributed by atoms with Gasteiger partial charge in [-0.15, -0.1) is 0 Å². The molecule has 0 aliphatic heterocycles. The highest BCUT2D eigenvalue weighted by atomic mass is 16.4. The van der Waals surface area contributed by atoms with E-state index in [0.717, 1.165) is 0 Å². The lowest BCUT2D eigenvalue weighted by Gasteiger charge is -1.99. The number of aromatic nitrogens is 4. The predicted molar refractivity (Wildman–Crippen MR) is 49.3 cm³/mol. The molecule has 0 saturated heterocycles. The van der Waals surface area contributed by atoms with Crippen molar-refractivity contribution in [3.8, 4) is 0 Å². The quantitative estimate of drug-likeness (QED) is 0.675. The number of nitrogens with one attached hydrogen (secondary N) is 1. The number of carbonyl (C=O) groups is 1. The van der Waals surface area contributed by atoms with Crippen molar-refractivity contribution in [1.82, 2.24) is 20.2 Å². The molecule has 0 fully saturated rings. The molecule has 0 spiro atoms. The lowest BCUT2D eigenvalue weighted by atomic mass is 10.2. The minimum Gasteiger partial charge on any atom is -0.481 e. The van der Waals surface area contributed by atoms with E-state index in [9.17, 15) is 9.59 Å². The van der Waals surface area contributed by atoms with Crippen LogP contribution in [0.3, 0.4) is 0 Å². The molecule has 0 unspecified atom stereocenters. The van der Waals surface area contributed by atoms with Gasteiger partial charge in [0.25, 0.3) is 5.56 Å². The number of carboxylic acid groups (broad SMARTS) is 1. The number of nitrogens with zero attached hydrogens (tertiary/aromatic N) is 3. The fraction of sp³-hybridized carbons (Fsp3) is 0.125. The first kappa shape index (κ1) is 9.25. The van der Waals surface area contributed by atoms with Crippen molar-refractivity contribution in [1.29, 1.82) is 0 Å². The van der Waals surface area contributed by atoms with E-state index in [0.29, 0.717) is 5.39 Å². The molecule has 0 saturated carbocycles. The second-order valence-corrected chi connectivity index (χ2v) is 2.85. The normalized spacial score (nSPS) is 10.4. The van der Waals surface area contributed by atoms with E-state index in [1.165, 1.54) is 12.5 Å². The van der Waals surface area contributed by atoms with Crippen LogP contribution in [0.4, 0.5) is 0 Å². The smallest absolute Gasteiger partial charge is 0.309 e. The Kier molecular flexibility index (Phi) is 2.13. The van der Waals surface area contributed by atoms with Crippen LogP contribution in [-0.4, -0.2) is 31.2 Å². The maximum Gasteiger partial charge on any atom is 0.309 e. The number of H-pyrrole nitrogens is 1. The summed E-state index contributed by atoms with van der Waals surface area (Å²) in [7, 11) is 0. The number of rotatable bonds is 2. The minimum absolute atomic E-state index is 0.149. The Morgan fingerprint density at radius 3 is 3.07 bits per heavy atom. The number of hydrogen-bond acceptors (Lipinski definition) is 5. The summed E-state index contributed by atoms with van der Waals surface area (Å²) in [4.78, 5) is 29.3. The van der Waals surface area contributed by atoms with E-state index in [2.05, 4.69) is 20.2 Å². The Bertz CT molecular complexity index is 577. The van der Waals surface area contributed by atoms with Gasteiger partial charge in [0.1, 0.15) is 11.8 Å². The van der Waals surface area contributed by atoms with Gasteiger partial charge in [0.15, 0.2) is 0 Å². The molecular weight excluding hydrogens is 200 g/mol. The zero-order valence-electron chi connectivity index (χ0n) is 7.47. The zero-order chi connectivity index (χ0) is 10.8. The predicted octanol–water partition coefficient (Wildman–Crippen LogP) is -0.660. The Balaban J connectivity index is 2.71. The number of hydrogen-bond donors (Lipinski definition) is 2. The van der Waals surface area contributed by atoms with E-state index in [1.54, 1.807) is 0 Å². The summed E-state index contributed by atoms with van der Waals surface area (Å²) in [6, 6.07) is 0. The Morgan fingerprint density at radius 1 is 1.53 bits per heavy atom. The molecule has 7 heteroatoms. The summed E-state index contributed by atoms with van der Waals surface area (Å²) in [6.07, 6.45) is 2.33. The Labute approximate surface area is 82.8 Å². The van der Waals surface area contributed by atoms with Gasteiger partial charge in [-0.2, -0.15) is 5.10 Å². The van der Waals surface area contributed by atoms with E-state index < -0.39 is 11.5 Å². The second kappa shape index (κ2) is 3.45. The third kappa shape index (κ3) is 1.66. The molecule has 2 N–H and O–H groups in total. The van der Waals surface area contributed by atoms with Crippen LogP contribution in [0.1, 0.15) is 5.69 Å². The van der Waals surface area contributed by atoms with Crippen molar-refractivity contribution in [2.45, 2.75) is 6.42 Å². The van der Waals surface area contributed by atoms with E-state index >= 15 is 0 Å². The molecule has 0 amide bonds. The van der Waals surface area contributed by atoms with Crippen molar-refractivity contribution in [2.24, 2.45) is 0 Å². The van der Waals surface area contributed by atoms with Gasteiger partial charge in [-0.05, 0) is 0 Å². The highest BCUT2D eigenvalue weighted by Crippen LogP contribution is 2.08. The third-order valence-electron chi connectivity index (χ3n) is 1.85. The molecule has 2 rings (SSSR count). The zero-order valence-corrected chi connectivity index (χ0v) is 7.47. The highest BCUT2D eigenvalue weighted by molar-refractivity contribution is 5.82. The van der Waals surface area contributed by atoms with Crippen LogP contribution < -0.4 is 5.56 Å². The molecule has 2 heterocycles. The van der Waals surface area contributed by atoms with Crippen molar-refractivity contribution in [3.63, 3.8) is 0 Å². The van der Waals surface area contributed by atoms with Crippen molar-refractivity contribution in [3.05, 3.63) is 28.6 Å². The van der Waals surface area contributed by atoms with Gasteiger partial charge in [0, 0.05) is 11.6 Å². The van der Waals surface area contributed by atoms with Crippen LogP contribution in [0.15, 0.2) is 17.3 Å². The lowest BCUT2D eigenvalue weighted by Crippen LogP contribution is -2.14. The van der Waals surface area contributed by atoms with Gasteiger partial charge < -0.3 is 5.11 Å². The Hall–Kier alpha value is -2.31. The molecule has 0 aromatic carbocycles. The largest absolute Gasteiger partial charge is 0.481 e. The van der Waals surface area contributed by atoms with Crippen LogP contribution in [0.2, 0.25) is 0 Å². The second-order valence-electron chi connectivity index (χ2n) is 2.85. The SMILES string of the molecule is O=C(O)Cc1n[nH]c(=O)c2ncncc12. The standard InChI is InChI=1S/C8H6N4O3/c13-6(14)1-5-4-2-9-3-10-7(4)8(15)12-11-5/h2-3H,1H2,(H,12,15)(H,13,14). The molecule has 0 atom stereocenters. The summed E-state index contributed by atoms with van der Waals surface area (Å²) >= 11 is 0. The number of carboxylic acids is 1. The van der Waals surface area contributed by atoms with Gasteiger partial charge in [0.2, 0.25) is 0 Å². The van der Waals surface area contributed by atoms with Gasteiger partial charge in [0.05, 0.1) is 12.1 Å². The molecule has 0 aliphatic rings. The van der Waals surface area contributed by atoms with Crippen LogP contribution in [0.5, 0.6) is 0 Å². The lowest BCUT2D eigenvalue weighted by molar-refractivity contribution is -0.136. The molecule has 2 aromatic heterocycles. The molecule has 7 nitrogen and oxygen atoms in total. The van der Waals surface area contributed by atoms with Crippen LogP contribution in [-0.2, 0) is 11.2 Å². The van der Waals surface area contributed by atoms with Gasteiger partial charge in [-0.25, -0.2) is 15.1 Å². The molecular formula is C8H6N4O3. The average Bonchev–Trinajstić information content (AvgIpc) is 2.22. The molecule has 2 aromatic rings. The van der Waals surface area contributed by atoms with Crippen molar-refractivity contribution in [2.75, 3.05) is 0 Å². The maximum atomic E-state index is 11.3. The summed E-state index contributed by atoms with van der Waals surface area (Å²) in [6.45, 7) is 0. The van der Waals surface area contributed by atoms with Crippen molar-refractivity contribution >= 4 is 16.9 Å². The monoisotopic (exact) mass is 206 g/mol. The first-order valence-corrected chi connectivity index (χ1v) is 4.07. The van der Waals surface area contributed by atoms with Gasteiger partial charge in [-0.1, -0.05) is 0 Å². The average molecular weight is 206 g/mol. The fourth-order valence-electron chi connectivity index (χ4n) is 1.23. The van der Waals surface area contributed by atoms with Gasteiger partial charge >= 0.3 is 5.97 Å². The summed E-state index contributed by atoms with van der Waals surface area (Å²) in [5.41, 5.74) is -0.0597. The topological polar surface area (TPSA) is 109 Å². The molecule has 76 valence electrons. The van der Waals surface area contributed by atoms with Crippen LogP contribution >= 0.6 is 0 Å². The first-order valence-electron chi connectivity index (χ1n) is 4.07. The molecule has 0 radical (unpaired) electrons. The Morgan fingerprint density at radius 2 is 2.33 bits per heavy atom. The minimum atomic E-state index is -1.03. The van der Waals surface area contributed by atoms with Crippen LogP contribution in [0, 0.1) is 0 Å². The summed E-state index contributed by atoms with van der Waals surface area (Å²) < 4.78 is 0. The van der Waals surface area contributed by atoms with Crippen molar-refractivity contribution < 1.29 is 9.90 Å². The number of aromatic amines is 1. The summed E-state index contributed by atoms with van der Waals surface area (Å²) in [5.74, 6) is -1.03. The van der Waals surface area contributed by atoms with Gasteiger partial charge in [-0.3, -0.25) is 9.59 Å². The number of fused-ring (bicyclic) bond motifs is 1. The molecule has 0 bridgehead atoms. The number of aliphatic carboxylic acids is 1. The maximum absolute atomic E-state index is 11.3. The van der Waals surface area contributed by atoms with E-state index in [4.69, 9.17) is 5.11 Å². The third-order valence-corrected chi connectivity index (χ3v) is 1.85. The molecule has 0 aliphatic carbocycles. The first-order chi connectivity index (χ1) is 7.18. The fourth-order valence-corrected chi connectivity index (χ4v) is 1.23. The molecule has 15 heavy (non-hydrogen) atoms. The van der Waals surface area contributed by atoms with Crippen LogP contribution in [0.25, 0.3) is 10.9 Å². The van der Waals surface area contributed by atoms with E-state index in [1.807, 2.05) is 0 Å².